The van der Waals surface area contributed by atoms with Crippen LogP contribution < -0.4 is 5.32 Å². The van der Waals surface area contributed by atoms with Crippen LogP contribution in [-0.2, 0) is 23.7 Å². The van der Waals surface area contributed by atoms with Crippen LogP contribution >= 0.6 is 0 Å². The molecule has 1 saturated heterocycles. The van der Waals surface area contributed by atoms with E-state index < -0.39 is 30.1 Å². The number of nitrogens with one attached hydrogen (secondary N) is 1. The van der Waals surface area contributed by atoms with Crippen molar-refractivity contribution in [3.63, 3.8) is 0 Å². The predicted octanol–water partition coefficient (Wildman–Crippen LogP) is 1.44. The van der Waals surface area contributed by atoms with Gasteiger partial charge in [-0.2, -0.15) is 0 Å². The van der Waals surface area contributed by atoms with E-state index in [9.17, 15) is 4.79 Å². The molecule has 0 spiro atoms. The van der Waals surface area contributed by atoms with Gasteiger partial charge in [-0.25, -0.2) is 4.79 Å². The number of hydrogen-bond acceptors (Lipinski definition) is 7. The SMILES string of the molecule is COC(C1COC(C)(C)O1)[C@@H]1OC(C)=CC(N=[N+]=[N-])C1NC=C=O. The zero-order valence-electron chi connectivity index (χ0n) is 14.1. The van der Waals surface area contributed by atoms with Crippen LogP contribution in [0.4, 0.5) is 0 Å². The summed E-state index contributed by atoms with van der Waals surface area (Å²) in [6, 6.07) is -1.06. The van der Waals surface area contributed by atoms with Crippen LogP contribution in [0.3, 0.4) is 0 Å². The summed E-state index contributed by atoms with van der Waals surface area (Å²) in [6.07, 6.45) is 1.40. The summed E-state index contributed by atoms with van der Waals surface area (Å²) >= 11 is 0. The maximum Gasteiger partial charge on any atom is 0.163 e. The average molecular weight is 338 g/mol. The number of allylic oxidation sites excluding steroid dienone is 1. The first-order valence-electron chi connectivity index (χ1n) is 7.61. The molecule has 2 aliphatic rings. The third-order valence-corrected chi connectivity index (χ3v) is 3.96. The lowest BCUT2D eigenvalue weighted by molar-refractivity contribution is -0.170. The van der Waals surface area contributed by atoms with E-state index in [1.54, 1.807) is 26.1 Å². The van der Waals surface area contributed by atoms with Gasteiger partial charge < -0.3 is 24.3 Å². The zero-order valence-corrected chi connectivity index (χ0v) is 14.1. The highest BCUT2D eigenvalue weighted by molar-refractivity contribution is 5.44. The number of carbonyl (C=O) groups excluding carboxylic acids is 1. The highest BCUT2D eigenvalue weighted by Crippen LogP contribution is 2.31. The van der Waals surface area contributed by atoms with E-state index in [2.05, 4.69) is 15.3 Å². The van der Waals surface area contributed by atoms with Crippen molar-refractivity contribution in [1.82, 2.24) is 5.32 Å². The lowest BCUT2D eigenvalue weighted by atomic mass is 9.92. The second-order valence-electron chi connectivity index (χ2n) is 6.08. The van der Waals surface area contributed by atoms with Gasteiger partial charge in [-0.15, -0.1) is 0 Å². The smallest absolute Gasteiger partial charge is 0.163 e. The lowest BCUT2D eigenvalue weighted by Crippen LogP contribution is -2.57. The molecule has 24 heavy (non-hydrogen) atoms. The van der Waals surface area contributed by atoms with E-state index in [1.807, 2.05) is 13.8 Å². The molecule has 2 rings (SSSR count). The highest BCUT2D eigenvalue weighted by atomic mass is 16.8. The molecule has 0 aromatic rings. The number of ether oxygens (including phenoxy) is 4. The molecule has 0 aromatic heterocycles. The molecule has 0 aromatic carbocycles. The van der Waals surface area contributed by atoms with Gasteiger partial charge in [0.25, 0.3) is 0 Å². The van der Waals surface area contributed by atoms with Crippen LogP contribution in [-0.4, -0.2) is 55.8 Å². The van der Waals surface area contributed by atoms with Crippen molar-refractivity contribution in [2.45, 2.75) is 57.0 Å². The Balaban J connectivity index is 2.30. The van der Waals surface area contributed by atoms with Gasteiger partial charge >= 0.3 is 0 Å². The Kier molecular flexibility index (Phi) is 5.88. The van der Waals surface area contributed by atoms with E-state index in [0.717, 1.165) is 6.20 Å². The van der Waals surface area contributed by atoms with Gasteiger partial charge in [-0.3, -0.25) is 0 Å². The summed E-state index contributed by atoms with van der Waals surface area (Å²) in [5.74, 6) is 1.55. The Morgan fingerprint density at radius 3 is 2.92 bits per heavy atom. The fourth-order valence-electron chi connectivity index (χ4n) is 3.00. The minimum absolute atomic E-state index is 0.344. The summed E-state index contributed by atoms with van der Waals surface area (Å²) in [4.78, 5) is 13.5. The van der Waals surface area contributed by atoms with Crippen LogP contribution in [0, 0.1) is 0 Å². The van der Waals surface area contributed by atoms with E-state index in [-0.39, 0.29) is 6.10 Å². The van der Waals surface area contributed by atoms with Gasteiger partial charge in [-0.05, 0) is 32.4 Å². The molecule has 0 amide bonds. The van der Waals surface area contributed by atoms with Crippen LogP contribution in [0.2, 0.25) is 0 Å². The van der Waals surface area contributed by atoms with Crippen molar-refractivity contribution in [2.75, 3.05) is 13.7 Å². The van der Waals surface area contributed by atoms with Crippen LogP contribution in [0.1, 0.15) is 20.8 Å². The van der Waals surface area contributed by atoms with Crippen molar-refractivity contribution in [3.8, 4) is 0 Å². The molecule has 2 aliphatic heterocycles. The summed E-state index contributed by atoms with van der Waals surface area (Å²) in [5, 5.41) is 6.65. The number of nitrogens with zero attached hydrogens (tertiary/aromatic N) is 3. The first kappa shape index (κ1) is 18.3. The van der Waals surface area contributed by atoms with Gasteiger partial charge in [0.05, 0.1) is 30.6 Å². The average Bonchev–Trinajstić information content (AvgIpc) is 2.87. The van der Waals surface area contributed by atoms with Crippen molar-refractivity contribution in [2.24, 2.45) is 5.11 Å². The third kappa shape index (κ3) is 4.08. The summed E-state index contributed by atoms with van der Waals surface area (Å²) < 4.78 is 23.0. The fraction of sp³-hybridized carbons (Fsp3) is 0.733. The van der Waals surface area contributed by atoms with Gasteiger partial charge in [0.15, 0.2) is 5.79 Å². The van der Waals surface area contributed by atoms with E-state index in [0.29, 0.717) is 12.4 Å². The molecule has 4 unspecified atom stereocenters. The predicted molar refractivity (Wildman–Crippen MR) is 84.5 cm³/mol. The minimum atomic E-state index is -0.711. The molecule has 0 saturated carbocycles. The third-order valence-electron chi connectivity index (χ3n) is 3.96. The highest BCUT2D eigenvalue weighted by Gasteiger charge is 2.46. The Bertz CT molecular complexity index is 580. The molecule has 132 valence electrons. The van der Waals surface area contributed by atoms with Gasteiger partial charge in [-0.1, -0.05) is 5.11 Å². The first-order valence-corrected chi connectivity index (χ1v) is 7.61. The molecule has 1 N–H and O–H groups in total. The topological polar surface area (TPSA) is 115 Å². The lowest BCUT2D eigenvalue weighted by Gasteiger charge is -2.40. The maximum atomic E-state index is 10.6. The zero-order chi connectivity index (χ0) is 17.7. The van der Waals surface area contributed by atoms with Crippen LogP contribution in [0.5, 0.6) is 0 Å². The molecule has 0 bridgehead atoms. The minimum Gasteiger partial charge on any atom is -0.490 e. The molecule has 9 heteroatoms. The molecular weight excluding hydrogens is 316 g/mol. The number of rotatable bonds is 6. The van der Waals surface area contributed by atoms with E-state index >= 15 is 0 Å². The molecule has 0 aliphatic carbocycles. The molecule has 2 heterocycles. The van der Waals surface area contributed by atoms with Crippen LogP contribution in [0.15, 0.2) is 23.1 Å². The number of azide groups is 1. The van der Waals surface area contributed by atoms with Crippen LogP contribution in [0.25, 0.3) is 10.4 Å². The Hall–Kier alpha value is -2.02. The fourth-order valence-corrected chi connectivity index (χ4v) is 3.00. The Morgan fingerprint density at radius 2 is 2.38 bits per heavy atom. The molecule has 0 radical (unpaired) electrons. The second kappa shape index (κ2) is 7.70. The van der Waals surface area contributed by atoms with Crippen molar-refractivity contribution < 1.29 is 23.7 Å². The van der Waals surface area contributed by atoms with Crippen molar-refractivity contribution in [3.05, 3.63) is 28.5 Å². The Labute approximate surface area is 140 Å². The normalized spacial score (nSPS) is 32.6. The number of hydrogen-bond donors (Lipinski definition) is 1. The molecule has 5 atom stereocenters. The first-order chi connectivity index (χ1) is 11.4. The molecule has 1 fully saturated rings. The summed E-state index contributed by atoms with van der Waals surface area (Å²) in [7, 11) is 1.55. The van der Waals surface area contributed by atoms with Gasteiger partial charge in [0.1, 0.15) is 24.3 Å². The summed E-state index contributed by atoms with van der Waals surface area (Å²) in [5.41, 5.74) is 8.81. The summed E-state index contributed by atoms with van der Waals surface area (Å²) in [6.45, 7) is 5.75. The number of methoxy groups -OCH3 is 1. The maximum absolute atomic E-state index is 10.6. The Morgan fingerprint density at radius 1 is 1.62 bits per heavy atom. The van der Waals surface area contributed by atoms with Gasteiger partial charge in [0.2, 0.25) is 0 Å². The standard InChI is InChI=1S/C15H22N4O5/c1-9-7-10(18-19-16)12(17-5-6-20)14(23-9)13(21-4)11-8-22-15(2,3)24-11/h5,7,10-14,17H,8H2,1-4H3/t10?,11?,12?,13?,14-/m1/s1. The quantitative estimate of drug-likeness (QED) is 0.339. The largest absolute Gasteiger partial charge is 0.490 e. The molecular formula is C15H22N4O5. The van der Waals surface area contributed by atoms with E-state index in [4.69, 9.17) is 24.5 Å². The second-order valence-corrected chi connectivity index (χ2v) is 6.08. The van der Waals surface area contributed by atoms with E-state index in [1.165, 1.54) is 0 Å². The van der Waals surface area contributed by atoms with Crippen molar-refractivity contribution in [1.29, 1.82) is 0 Å². The van der Waals surface area contributed by atoms with Crippen molar-refractivity contribution >= 4 is 5.94 Å². The van der Waals surface area contributed by atoms with Gasteiger partial charge in [0, 0.05) is 12.0 Å². The monoisotopic (exact) mass is 338 g/mol. The molecule has 9 nitrogen and oxygen atoms in total.